The Morgan fingerprint density at radius 3 is 2.75 bits per heavy atom. The standard InChI is InChI=1S/C23H32N6O.C2H6/c1-4-12-29(3)20(24)11-6-7-13-30-19-10-8-9-18(14-19)28-23-21-17(5-2)15-25-22(21)26-16-27-23;1-2/h8-10,14-16,24H,4-7,11-13H2,1-3H3,(H2,25,26,27,28);1-2H3. The molecule has 174 valence electrons. The normalized spacial score (nSPS) is 10.4. The summed E-state index contributed by atoms with van der Waals surface area (Å²) in [4.78, 5) is 14.0. The fraction of sp³-hybridized carbons (Fsp3) is 0.480. The van der Waals surface area contributed by atoms with Crippen molar-refractivity contribution in [2.24, 2.45) is 0 Å². The highest BCUT2D eigenvalue weighted by molar-refractivity contribution is 5.92. The van der Waals surface area contributed by atoms with Crippen LogP contribution in [0.15, 0.2) is 36.8 Å². The second-order valence-electron chi connectivity index (χ2n) is 7.44. The second kappa shape index (κ2) is 13.3. The van der Waals surface area contributed by atoms with Crippen molar-refractivity contribution in [1.29, 1.82) is 5.41 Å². The largest absolute Gasteiger partial charge is 0.494 e. The van der Waals surface area contributed by atoms with Crippen LogP contribution in [-0.4, -0.2) is 45.9 Å². The summed E-state index contributed by atoms with van der Waals surface area (Å²) in [5.41, 5.74) is 2.96. The van der Waals surface area contributed by atoms with E-state index in [0.29, 0.717) is 12.4 Å². The average molecular weight is 439 g/mol. The lowest BCUT2D eigenvalue weighted by Gasteiger charge is -2.18. The molecule has 0 radical (unpaired) electrons. The van der Waals surface area contributed by atoms with Crippen LogP contribution in [0.3, 0.4) is 0 Å². The number of rotatable bonds is 11. The van der Waals surface area contributed by atoms with Crippen molar-refractivity contribution >= 4 is 28.4 Å². The highest BCUT2D eigenvalue weighted by Gasteiger charge is 2.10. The molecule has 0 spiro atoms. The number of hydrogen-bond acceptors (Lipinski definition) is 5. The number of nitrogens with zero attached hydrogens (tertiary/aromatic N) is 3. The van der Waals surface area contributed by atoms with E-state index in [1.54, 1.807) is 6.33 Å². The quantitative estimate of drug-likeness (QED) is 0.189. The fourth-order valence-corrected chi connectivity index (χ4v) is 3.45. The van der Waals surface area contributed by atoms with Gasteiger partial charge in [0.15, 0.2) is 0 Å². The van der Waals surface area contributed by atoms with E-state index in [9.17, 15) is 0 Å². The number of anilines is 2. The van der Waals surface area contributed by atoms with Gasteiger partial charge in [-0.3, -0.25) is 5.41 Å². The zero-order chi connectivity index (χ0) is 23.3. The molecule has 3 aromatic rings. The van der Waals surface area contributed by atoms with Crippen molar-refractivity contribution in [3.63, 3.8) is 0 Å². The van der Waals surface area contributed by atoms with Crippen molar-refractivity contribution in [2.75, 3.05) is 25.5 Å². The van der Waals surface area contributed by atoms with E-state index in [-0.39, 0.29) is 0 Å². The van der Waals surface area contributed by atoms with Crippen molar-refractivity contribution in [2.45, 2.75) is 59.8 Å². The van der Waals surface area contributed by atoms with Gasteiger partial charge in [0, 0.05) is 38.0 Å². The lowest BCUT2D eigenvalue weighted by molar-refractivity contribution is 0.307. The van der Waals surface area contributed by atoms with E-state index in [1.165, 1.54) is 5.56 Å². The number of H-pyrrole nitrogens is 1. The van der Waals surface area contributed by atoms with E-state index >= 15 is 0 Å². The zero-order valence-corrected chi connectivity index (χ0v) is 20.2. The third-order valence-electron chi connectivity index (χ3n) is 5.13. The van der Waals surface area contributed by atoms with Crippen LogP contribution in [0.5, 0.6) is 5.75 Å². The first-order valence-electron chi connectivity index (χ1n) is 11.7. The number of fused-ring (bicyclic) bond motifs is 1. The Labute approximate surface area is 192 Å². The molecule has 0 atom stereocenters. The molecule has 0 saturated carbocycles. The zero-order valence-electron chi connectivity index (χ0n) is 20.2. The summed E-state index contributed by atoms with van der Waals surface area (Å²) in [6, 6.07) is 7.93. The molecule has 3 N–H and O–H groups in total. The van der Waals surface area contributed by atoms with Gasteiger partial charge in [-0.15, -0.1) is 0 Å². The van der Waals surface area contributed by atoms with Crippen molar-refractivity contribution < 1.29 is 4.74 Å². The van der Waals surface area contributed by atoms with E-state index in [0.717, 1.165) is 66.9 Å². The van der Waals surface area contributed by atoms with Crippen LogP contribution in [0.4, 0.5) is 11.5 Å². The third-order valence-corrected chi connectivity index (χ3v) is 5.13. The fourth-order valence-electron chi connectivity index (χ4n) is 3.45. The number of nitrogens with one attached hydrogen (secondary N) is 3. The molecule has 0 aliphatic heterocycles. The van der Waals surface area contributed by atoms with Gasteiger partial charge in [0.2, 0.25) is 0 Å². The number of aryl methyl sites for hydroxylation is 1. The van der Waals surface area contributed by atoms with Crippen LogP contribution in [0.25, 0.3) is 11.0 Å². The van der Waals surface area contributed by atoms with Gasteiger partial charge >= 0.3 is 0 Å². The van der Waals surface area contributed by atoms with Gasteiger partial charge < -0.3 is 19.9 Å². The van der Waals surface area contributed by atoms with Crippen LogP contribution >= 0.6 is 0 Å². The molecule has 32 heavy (non-hydrogen) atoms. The van der Waals surface area contributed by atoms with Crippen molar-refractivity contribution in [3.05, 3.63) is 42.4 Å². The number of aromatic nitrogens is 3. The van der Waals surface area contributed by atoms with E-state index < -0.39 is 0 Å². The highest BCUT2D eigenvalue weighted by Crippen LogP contribution is 2.27. The second-order valence-corrected chi connectivity index (χ2v) is 7.44. The number of aromatic amines is 1. The summed E-state index contributed by atoms with van der Waals surface area (Å²) >= 11 is 0. The summed E-state index contributed by atoms with van der Waals surface area (Å²) < 4.78 is 5.93. The molecule has 2 aromatic heterocycles. The van der Waals surface area contributed by atoms with E-state index in [1.807, 2.05) is 56.3 Å². The first-order valence-corrected chi connectivity index (χ1v) is 11.7. The van der Waals surface area contributed by atoms with Gasteiger partial charge in [0.25, 0.3) is 0 Å². The summed E-state index contributed by atoms with van der Waals surface area (Å²) in [5.74, 6) is 2.33. The maximum atomic E-state index is 8.07. The van der Waals surface area contributed by atoms with Gasteiger partial charge in [0.1, 0.15) is 23.5 Å². The number of unbranched alkanes of at least 4 members (excludes halogenated alkanes) is 1. The first-order chi connectivity index (χ1) is 15.6. The van der Waals surface area contributed by atoms with Crippen LogP contribution in [0.1, 0.15) is 58.9 Å². The lowest BCUT2D eigenvalue weighted by Crippen LogP contribution is -2.26. The van der Waals surface area contributed by atoms with Crippen molar-refractivity contribution in [1.82, 2.24) is 19.9 Å². The van der Waals surface area contributed by atoms with Gasteiger partial charge in [0.05, 0.1) is 17.8 Å². The molecular weight excluding hydrogens is 400 g/mol. The predicted molar refractivity (Wildman–Crippen MR) is 134 cm³/mol. The monoisotopic (exact) mass is 438 g/mol. The summed E-state index contributed by atoms with van der Waals surface area (Å²) in [7, 11) is 1.99. The molecule has 0 saturated heterocycles. The SMILES string of the molecule is CC.CCCN(C)C(=N)CCCCOc1cccc(Nc2ncnc3[nH]cc(CC)c23)c1. The van der Waals surface area contributed by atoms with Crippen LogP contribution in [0, 0.1) is 5.41 Å². The van der Waals surface area contributed by atoms with Gasteiger partial charge in [-0.1, -0.05) is 33.8 Å². The Morgan fingerprint density at radius 2 is 2.00 bits per heavy atom. The summed E-state index contributed by atoms with van der Waals surface area (Å²) in [6.45, 7) is 9.84. The minimum Gasteiger partial charge on any atom is -0.494 e. The Kier molecular flexibility index (Phi) is 10.5. The molecular formula is C25H38N6O. The van der Waals surface area contributed by atoms with Crippen molar-refractivity contribution in [3.8, 4) is 5.75 Å². The molecule has 7 heteroatoms. The summed E-state index contributed by atoms with van der Waals surface area (Å²) in [5, 5.41) is 12.5. The molecule has 3 rings (SSSR count). The van der Waals surface area contributed by atoms with E-state index in [2.05, 4.69) is 34.1 Å². The maximum Gasteiger partial charge on any atom is 0.143 e. The average Bonchev–Trinajstić information content (AvgIpc) is 3.25. The molecule has 0 amide bonds. The van der Waals surface area contributed by atoms with Gasteiger partial charge in [-0.25, -0.2) is 9.97 Å². The summed E-state index contributed by atoms with van der Waals surface area (Å²) in [6.07, 6.45) is 8.21. The van der Waals surface area contributed by atoms with Gasteiger partial charge in [-0.2, -0.15) is 0 Å². The molecule has 0 aliphatic carbocycles. The minimum atomic E-state index is 0.643. The predicted octanol–water partition coefficient (Wildman–Crippen LogP) is 6.16. The van der Waals surface area contributed by atoms with Crippen LogP contribution < -0.4 is 10.1 Å². The minimum absolute atomic E-state index is 0.643. The topological polar surface area (TPSA) is 89.9 Å². The Hall–Kier alpha value is -3.09. The molecule has 0 bridgehead atoms. The molecule has 7 nitrogen and oxygen atoms in total. The molecule has 0 fully saturated rings. The molecule has 1 aromatic carbocycles. The maximum absolute atomic E-state index is 8.07. The number of hydrogen-bond donors (Lipinski definition) is 3. The van der Waals surface area contributed by atoms with Gasteiger partial charge in [-0.05, 0) is 43.4 Å². The van der Waals surface area contributed by atoms with E-state index in [4.69, 9.17) is 10.1 Å². The van der Waals surface area contributed by atoms with Crippen LogP contribution in [0.2, 0.25) is 0 Å². The first kappa shape index (κ1) is 25.2. The molecule has 0 unspecified atom stereocenters. The van der Waals surface area contributed by atoms with Crippen LogP contribution in [-0.2, 0) is 6.42 Å². The smallest absolute Gasteiger partial charge is 0.143 e. The Morgan fingerprint density at radius 1 is 1.19 bits per heavy atom. The number of ether oxygens (including phenoxy) is 1. The Bertz CT molecular complexity index is 968. The molecule has 0 aliphatic rings. The molecule has 2 heterocycles. The number of benzene rings is 1. The highest BCUT2D eigenvalue weighted by atomic mass is 16.5. The third kappa shape index (κ3) is 6.97. The Balaban J connectivity index is 0.00000176. The lowest BCUT2D eigenvalue weighted by atomic mass is 10.2. The number of amidine groups is 1.